The number of carbonyl (C=O) groups is 2. The molecule has 0 radical (unpaired) electrons. The number of aromatic nitrogens is 2. The molecule has 38 heavy (non-hydrogen) atoms. The molecule has 1 aromatic heterocycles. The first-order chi connectivity index (χ1) is 18.5. The van der Waals surface area contributed by atoms with Crippen LogP contribution in [0.2, 0.25) is 0 Å². The Morgan fingerprint density at radius 3 is 2.39 bits per heavy atom. The van der Waals surface area contributed by atoms with Gasteiger partial charge in [0, 0.05) is 17.2 Å². The number of hydrogen-bond donors (Lipinski definition) is 1. The molecule has 7 heteroatoms. The zero-order valence-electron chi connectivity index (χ0n) is 21.6. The molecular weight excluding hydrogens is 492 g/mol. The Hall–Kier alpha value is -3.84. The van der Waals surface area contributed by atoms with Crippen LogP contribution in [-0.4, -0.2) is 39.9 Å². The Kier molecular flexibility index (Phi) is 6.54. The molecule has 1 fully saturated rings. The van der Waals surface area contributed by atoms with Crippen LogP contribution < -0.4 is 10.2 Å². The molecule has 1 aliphatic carbocycles. The molecule has 0 saturated heterocycles. The molecule has 6 rings (SSSR count). The van der Waals surface area contributed by atoms with Crippen LogP contribution >= 0.6 is 11.8 Å². The van der Waals surface area contributed by atoms with Gasteiger partial charge in [-0.15, -0.1) is 11.8 Å². The lowest BCUT2D eigenvalue weighted by Crippen LogP contribution is -2.43. The highest BCUT2D eigenvalue weighted by Gasteiger charge is 2.38. The number of rotatable bonds is 6. The average Bonchev–Trinajstić information content (AvgIpc) is 3.68. The first-order valence-corrected chi connectivity index (χ1v) is 14.1. The maximum Gasteiger partial charge on any atom is 0.240 e. The van der Waals surface area contributed by atoms with Crippen LogP contribution in [0.5, 0.6) is 0 Å². The molecule has 2 heterocycles. The highest BCUT2D eigenvalue weighted by molar-refractivity contribution is 8.00. The standard InChI is InChI=1S/C31H30N4O2S/c1-20-12-16-24(17-13-20)35-31-28(29(33-35)22-9-4-3-5-10-22)30(25-11-7-6-8-21(25)2)38-19-27(37)34(31)18-26(36)32-23-14-15-23/h3-13,16-17,23,30H,14-15,18-19H2,1-2H3,(H,32,36). The molecule has 6 nitrogen and oxygen atoms in total. The fourth-order valence-electron chi connectivity index (χ4n) is 4.97. The quantitative estimate of drug-likeness (QED) is 0.358. The molecule has 2 aliphatic rings. The second-order valence-corrected chi connectivity index (χ2v) is 11.2. The molecule has 1 unspecified atom stereocenters. The summed E-state index contributed by atoms with van der Waals surface area (Å²) in [7, 11) is 0. The summed E-state index contributed by atoms with van der Waals surface area (Å²) in [6, 6.07) is 26.8. The summed E-state index contributed by atoms with van der Waals surface area (Å²) in [5.41, 5.74) is 7.06. The number of thioether (sulfide) groups is 1. The summed E-state index contributed by atoms with van der Waals surface area (Å²) in [6.45, 7) is 4.12. The van der Waals surface area contributed by atoms with Crippen molar-refractivity contribution in [1.82, 2.24) is 15.1 Å². The number of amides is 2. The number of benzene rings is 3. The van der Waals surface area contributed by atoms with E-state index in [2.05, 4.69) is 36.5 Å². The summed E-state index contributed by atoms with van der Waals surface area (Å²) in [6.07, 6.45) is 1.99. The van der Waals surface area contributed by atoms with Crippen LogP contribution in [0.3, 0.4) is 0 Å². The molecule has 0 spiro atoms. The number of hydrogen-bond acceptors (Lipinski definition) is 4. The van der Waals surface area contributed by atoms with Crippen molar-refractivity contribution in [3.8, 4) is 16.9 Å². The molecule has 0 bridgehead atoms. The van der Waals surface area contributed by atoms with E-state index in [9.17, 15) is 9.59 Å². The lowest BCUT2D eigenvalue weighted by Gasteiger charge is -2.23. The zero-order valence-corrected chi connectivity index (χ0v) is 22.4. The topological polar surface area (TPSA) is 67.2 Å². The minimum atomic E-state index is -0.135. The molecule has 1 atom stereocenters. The minimum absolute atomic E-state index is 0.0326. The normalized spacial score (nSPS) is 17.2. The van der Waals surface area contributed by atoms with E-state index < -0.39 is 0 Å². The van der Waals surface area contributed by atoms with Crippen LogP contribution in [0.25, 0.3) is 16.9 Å². The van der Waals surface area contributed by atoms with Crippen molar-refractivity contribution < 1.29 is 9.59 Å². The maximum atomic E-state index is 13.7. The second kappa shape index (κ2) is 10.1. The zero-order chi connectivity index (χ0) is 26.2. The Bertz CT molecular complexity index is 1490. The molecule has 3 aromatic carbocycles. The molecule has 192 valence electrons. The van der Waals surface area contributed by atoms with E-state index in [1.54, 1.807) is 16.7 Å². The fourth-order valence-corrected chi connectivity index (χ4v) is 6.26. The van der Waals surface area contributed by atoms with Gasteiger partial charge in [0.05, 0.1) is 22.4 Å². The first-order valence-electron chi connectivity index (χ1n) is 13.0. The third-order valence-electron chi connectivity index (χ3n) is 7.13. The number of carbonyl (C=O) groups excluding carboxylic acids is 2. The van der Waals surface area contributed by atoms with Gasteiger partial charge in [0.1, 0.15) is 12.4 Å². The predicted molar refractivity (Wildman–Crippen MR) is 153 cm³/mol. The first kappa shape index (κ1) is 24.5. The Balaban J connectivity index is 1.61. The lowest BCUT2D eigenvalue weighted by molar-refractivity contribution is -0.123. The number of fused-ring (bicyclic) bond motifs is 1. The van der Waals surface area contributed by atoms with Gasteiger partial charge in [-0.25, -0.2) is 4.68 Å². The van der Waals surface area contributed by atoms with E-state index in [-0.39, 0.29) is 35.4 Å². The van der Waals surface area contributed by atoms with E-state index in [1.165, 1.54) is 0 Å². The van der Waals surface area contributed by atoms with E-state index in [1.807, 2.05) is 66.2 Å². The fraction of sp³-hybridized carbons (Fsp3) is 0.258. The Labute approximate surface area is 227 Å². The van der Waals surface area contributed by atoms with Crippen molar-refractivity contribution in [2.75, 3.05) is 17.2 Å². The molecular formula is C31H30N4O2S. The van der Waals surface area contributed by atoms with E-state index >= 15 is 0 Å². The van der Waals surface area contributed by atoms with E-state index in [0.717, 1.165) is 52.0 Å². The number of nitrogens with zero attached hydrogens (tertiary/aromatic N) is 3. The van der Waals surface area contributed by atoms with Gasteiger partial charge in [-0.2, -0.15) is 5.10 Å². The monoisotopic (exact) mass is 522 g/mol. The van der Waals surface area contributed by atoms with Crippen molar-refractivity contribution in [3.63, 3.8) is 0 Å². The Morgan fingerprint density at radius 1 is 0.974 bits per heavy atom. The van der Waals surface area contributed by atoms with Crippen LogP contribution in [0, 0.1) is 13.8 Å². The third-order valence-corrected chi connectivity index (χ3v) is 8.37. The third kappa shape index (κ3) is 4.74. The summed E-state index contributed by atoms with van der Waals surface area (Å²) in [4.78, 5) is 28.5. The van der Waals surface area contributed by atoms with Gasteiger partial charge < -0.3 is 5.32 Å². The lowest BCUT2D eigenvalue weighted by atomic mass is 9.97. The van der Waals surface area contributed by atoms with E-state index in [4.69, 9.17) is 5.10 Å². The van der Waals surface area contributed by atoms with Gasteiger partial charge in [0.2, 0.25) is 11.8 Å². The molecule has 1 aliphatic heterocycles. The predicted octanol–water partition coefficient (Wildman–Crippen LogP) is 5.60. The number of aryl methyl sites for hydroxylation is 2. The van der Waals surface area contributed by atoms with Gasteiger partial charge in [0.25, 0.3) is 0 Å². The van der Waals surface area contributed by atoms with Crippen molar-refractivity contribution >= 4 is 29.4 Å². The molecule has 1 saturated carbocycles. The largest absolute Gasteiger partial charge is 0.352 e. The van der Waals surface area contributed by atoms with Gasteiger partial charge in [-0.05, 0) is 49.9 Å². The second-order valence-electron chi connectivity index (χ2n) is 10.1. The number of anilines is 1. The summed E-state index contributed by atoms with van der Waals surface area (Å²) in [5.74, 6) is 0.712. The average molecular weight is 523 g/mol. The molecule has 2 amide bonds. The van der Waals surface area contributed by atoms with Crippen LogP contribution in [-0.2, 0) is 9.59 Å². The highest BCUT2D eigenvalue weighted by atomic mass is 32.2. The van der Waals surface area contributed by atoms with Gasteiger partial charge in [-0.1, -0.05) is 72.3 Å². The Morgan fingerprint density at radius 2 is 1.68 bits per heavy atom. The summed E-state index contributed by atoms with van der Waals surface area (Å²) < 4.78 is 1.86. The highest BCUT2D eigenvalue weighted by Crippen LogP contribution is 2.49. The van der Waals surface area contributed by atoms with Crippen LogP contribution in [0.1, 0.15) is 40.3 Å². The van der Waals surface area contributed by atoms with Gasteiger partial charge in [-0.3, -0.25) is 14.5 Å². The van der Waals surface area contributed by atoms with Crippen LogP contribution in [0.4, 0.5) is 5.82 Å². The SMILES string of the molecule is Cc1ccc(-n2nc(-c3ccccc3)c3c2N(CC(=O)NC2CC2)C(=O)CSC3c2ccccc2C)cc1. The maximum absolute atomic E-state index is 13.7. The summed E-state index contributed by atoms with van der Waals surface area (Å²) in [5, 5.41) is 8.09. The minimum Gasteiger partial charge on any atom is -0.352 e. The van der Waals surface area contributed by atoms with Crippen molar-refractivity contribution in [2.24, 2.45) is 0 Å². The van der Waals surface area contributed by atoms with Crippen LogP contribution in [0.15, 0.2) is 78.9 Å². The van der Waals surface area contributed by atoms with Gasteiger partial charge >= 0.3 is 0 Å². The van der Waals surface area contributed by atoms with Crippen molar-refractivity contribution in [2.45, 2.75) is 38.0 Å². The molecule has 1 N–H and O–H groups in total. The van der Waals surface area contributed by atoms with Gasteiger partial charge in [0.15, 0.2) is 0 Å². The number of nitrogens with one attached hydrogen (secondary N) is 1. The van der Waals surface area contributed by atoms with Crippen molar-refractivity contribution in [3.05, 3.63) is 101 Å². The van der Waals surface area contributed by atoms with E-state index in [0.29, 0.717) is 5.82 Å². The molecule has 4 aromatic rings. The summed E-state index contributed by atoms with van der Waals surface area (Å²) >= 11 is 1.60. The van der Waals surface area contributed by atoms with Crippen molar-refractivity contribution in [1.29, 1.82) is 0 Å². The smallest absolute Gasteiger partial charge is 0.240 e.